The van der Waals surface area contributed by atoms with E-state index < -0.39 is 0 Å². The Morgan fingerprint density at radius 1 is 1.04 bits per heavy atom. The van der Waals surface area contributed by atoms with E-state index >= 15 is 0 Å². The van der Waals surface area contributed by atoms with Crippen LogP contribution in [0.5, 0.6) is 17.2 Å². The molecule has 2 aliphatic heterocycles. The minimum Gasteiger partial charge on any atom is -0.488 e. The van der Waals surface area contributed by atoms with Gasteiger partial charge in [-0.25, -0.2) is 0 Å². The molecule has 0 unspecified atom stereocenters. The number of carbonyl (C=O) groups is 1. The van der Waals surface area contributed by atoms with Crippen molar-refractivity contribution in [3.05, 3.63) is 65.0 Å². The van der Waals surface area contributed by atoms with E-state index in [-0.39, 0.29) is 12.0 Å². The summed E-state index contributed by atoms with van der Waals surface area (Å²) < 4.78 is 17.3. The van der Waals surface area contributed by atoms with Gasteiger partial charge in [0, 0.05) is 16.0 Å². The summed E-state index contributed by atoms with van der Waals surface area (Å²) in [6.45, 7) is 1.30. The number of carbonyl (C=O) groups excluding carboxylic acids is 1. The van der Waals surface area contributed by atoms with Crippen molar-refractivity contribution < 1.29 is 19.0 Å². The quantitative estimate of drug-likeness (QED) is 0.750. The summed E-state index contributed by atoms with van der Waals surface area (Å²) in [5.74, 6) is 2.22. The molecule has 27 heavy (non-hydrogen) atoms. The molecule has 0 saturated heterocycles. The van der Waals surface area contributed by atoms with Crippen LogP contribution in [-0.4, -0.2) is 25.2 Å². The summed E-state index contributed by atoms with van der Waals surface area (Å²) in [6.07, 6.45) is -0.206. The van der Waals surface area contributed by atoms with E-state index in [0.29, 0.717) is 30.4 Å². The van der Waals surface area contributed by atoms with E-state index in [0.717, 1.165) is 27.5 Å². The second kappa shape index (κ2) is 6.63. The molecule has 2 aromatic carbocycles. The van der Waals surface area contributed by atoms with Crippen LogP contribution >= 0.6 is 11.3 Å². The van der Waals surface area contributed by atoms with Gasteiger partial charge in [0.05, 0.1) is 11.4 Å². The fourth-order valence-corrected chi connectivity index (χ4v) is 4.38. The van der Waals surface area contributed by atoms with Crippen molar-refractivity contribution in [3.8, 4) is 27.7 Å². The molecule has 1 amide bonds. The lowest BCUT2D eigenvalue weighted by Gasteiger charge is -2.26. The third kappa shape index (κ3) is 3.02. The number of hydrogen-bond acceptors (Lipinski definition) is 5. The Labute approximate surface area is 160 Å². The predicted octanol–water partition coefficient (Wildman–Crippen LogP) is 3.88. The van der Waals surface area contributed by atoms with Crippen LogP contribution in [0.25, 0.3) is 10.4 Å². The van der Waals surface area contributed by atoms with Gasteiger partial charge in [-0.2, -0.15) is 0 Å². The molecule has 1 N–H and O–H groups in total. The molecule has 3 heterocycles. The van der Waals surface area contributed by atoms with Crippen molar-refractivity contribution in [2.45, 2.75) is 12.7 Å². The van der Waals surface area contributed by atoms with Gasteiger partial charge in [0.2, 0.25) is 0 Å². The number of hydrogen-bond donors (Lipinski definition) is 1. The molecule has 0 spiro atoms. The maximum atomic E-state index is 12.6. The summed E-state index contributed by atoms with van der Waals surface area (Å²) >= 11 is 1.50. The molecule has 0 saturated carbocycles. The molecule has 1 aromatic heterocycles. The van der Waals surface area contributed by atoms with Gasteiger partial charge in [0.25, 0.3) is 5.91 Å². The van der Waals surface area contributed by atoms with Crippen molar-refractivity contribution in [2.24, 2.45) is 0 Å². The van der Waals surface area contributed by atoms with Gasteiger partial charge in [0.15, 0.2) is 11.5 Å². The van der Waals surface area contributed by atoms with Crippen LogP contribution in [0.15, 0.2) is 54.6 Å². The fraction of sp³-hybridized carbons (Fsp3) is 0.190. The number of para-hydroxylation sites is 3. The molecule has 2 aliphatic rings. The lowest BCUT2D eigenvalue weighted by atomic mass is 10.1. The Kier molecular flexibility index (Phi) is 3.98. The number of fused-ring (bicyclic) bond motifs is 4. The summed E-state index contributed by atoms with van der Waals surface area (Å²) in [7, 11) is 0. The van der Waals surface area contributed by atoms with Crippen molar-refractivity contribution in [1.82, 2.24) is 5.32 Å². The smallest absolute Gasteiger partial charge is 0.261 e. The first kappa shape index (κ1) is 16.2. The van der Waals surface area contributed by atoms with E-state index in [1.807, 2.05) is 54.6 Å². The molecular weight excluding hydrogens is 362 g/mol. The normalized spacial score (nSPS) is 16.7. The second-order valence-electron chi connectivity index (χ2n) is 6.46. The summed E-state index contributed by atoms with van der Waals surface area (Å²) in [4.78, 5) is 14.4. The standard InChI is InChI=1S/C21H17NO4S/c23-21(22-10-14-12-25-17-7-3-4-8-18(17)26-14)19-9-13-11-24-16-6-2-1-5-15(16)20(13)27-19/h1-9,14H,10-12H2,(H,22,23)/t14-/m1/s1. The zero-order valence-electron chi connectivity index (χ0n) is 14.4. The average Bonchev–Trinajstić information content (AvgIpc) is 3.17. The number of benzene rings is 2. The summed E-state index contributed by atoms with van der Waals surface area (Å²) in [5, 5.41) is 2.96. The Hall–Kier alpha value is -2.99. The monoisotopic (exact) mass is 379 g/mol. The average molecular weight is 379 g/mol. The Morgan fingerprint density at radius 2 is 1.81 bits per heavy atom. The number of nitrogens with one attached hydrogen (secondary N) is 1. The third-order valence-electron chi connectivity index (χ3n) is 4.61. The summed E-state index contributed by atoms with van der Waals surface area (Å²) in [6, 6.07) is 17.4. The van der Waals surface area contributed by atoms with Crippen LogP contribution < -0.4 is 19.5 Å². The molecule has 5 rings (SSSR count). The van der Waals surface area contributed by atoms with E-state index in [2.05, 4.69) is 5.32 Å². The molecule has 0 aliphatic carbocycles. The second-order valence-corrected chi connectivity index (χ2v) is 7.51. The molecule has 5 nitrogen and oxygen atoms in total. The number of amides is 1. The molecule has 0 fully saturated rings. The first-order valence-corrected chi connectivity index (χ1v) is 9.61. The first-order valence-electron chi connectivity index (χ1n) is 8.79. The lowest BCUT2D eigenvalue weighted by Crippen LogP contribution is -2.40. The van der Waals surface area contributed by atoms with Gasteiger partial charge >= 0.3 is 0 Å². The van der Waals surface area contributed by atoms with E-state index in [1.165, 1.54) is 11.3 Å². The van der Waals surface area contributed by atoms with Gasteiger partial charge in [-0.3, -0.25) is 4.79 Å². The highest BCUT2D eigenvalue weighted by molar-refractivity contribution is 7.17. The highest BCUT2D eigenvalue weighted by Gasteiger charge is 2.24. The molecular formula is C21H17NO4S. The van der Waals surface area contributed by atoms with Crippen LogP contribution in [0.2, 0.25) is 0 Å². The Balaban J connectivity index is 1.27. The van der Waals surface area contributed by atoms with Crippen LogP contribution in [0.4, 0.5) is 0 Å². The number of ether oxygens (including phenoxy) is 3. The van der Waals surface area contributed by atoms with Crippen LogP contribution in [0.3, 0.4) is 0 Å². The molecule has 1 atom stereocenters. The van der Waals surface area contributed by atoms with Crippen LogP contribution in [-0.2, 0) is 6.61 Å². The van der Waals surface area contributed by atoms with Gasteiger partial charge in [-0.15, -0.1) is 11.3 Å². The van der Waals surface area contributed by atoms with Gasteiger partial charge < -0.3 is 19.5 Å². The zero-order chi connectivity index (χ0) is 18.2. The molecule has 3 aromatic rings. The third-order valence-corrected chi connectivity index (χ3v) is 5.81. The highest BCUT2D eigenvalue weighted by Crippen LogP contribution is 2.42. The maximum absolute atomic E-state index is 12.6. The van der Waals surface area contributed by atoms with Crippen molar-refractivity contribution in [2.75, 3.05) is 13.2 Å². The largest absolute Gasteiger partial charge is 0.488 e. The Bertz CT molecular complexity index is 1010. The van der Waals surface area contributed by atoms with Crippen LogP contribution in [0.1, 0.15) is 15.2 Å². The van der Waals surface area contributed by atoms with E-state index in [9.17, 15) is 4.79 Å². The number of thiophene rings is 1. The first-order chi connectivity index (χ1) is 13.3. The van der Waals surface area contributed by atoms with Gasteiger partial charge in [0.1, 0.15) is 25.1 Å². The van der Waals surface area contributed by atoms with Gasteiger partial charge in [-0.05, 0) is 30.3 Å². The zero-order valence-corrected chi connectivity index (χ0v) is 15.3. The van der Waals surface area contributed by atoms with E-state index in [4.69, 9.17) is 14.2 Å². The minimum absolute atomic E-state index is 0.102. The molecule has 0 radical (unpaired) electrons. The van der Waals surface area contributed by atoms with Crippen molar-refractivity contribution in [3.63, 3.8) is 0 Å². The number of rotatable bonds is 3. The van der Waals surface area contributed by atoms with Crippen molar-refractivity contribution in [1.29, 1.82) is 0 Å². The summed E-state index contributed by atoms with van der Waals surface area (Å²) in [5.41, 5.74) is 2.10. The minimum atomic E-state index is -0.206. The van der Waals surface area contributed by atoms with Crippen molar-refractivity contribution >= 4 is 17.2 Å². The molecule has 6 heteroatoms. The Morgan fingerprint density at radius 3 is 2.70 bits per heavy atom. The maximum Gasteiger partial charge on any atom is 0.261 e. The topological polar surface area (TPSA) is 56.8 Å². The molecule has 0 bridgehead atoms. The van der Waals surface area contributed by atoms with E-state index in [1.54, 1.807) is 0 Å². The highest BCUT2D eigenvalue weighted by atomic mass is 32.1. The van der Waals surface area contributed by atoms with Gasteiger partial charge in [-0.1, -0.05) is 24.3 Å². The van der Waals surface area contributed by atoms with Crippen LogP contribution in [0, 0.1) is 0 Å². The molecule has 136 valence electrons. The lowest BCUT2D eigenvalue weighted by molar-refractivity contribution is 0.0791. The fourth-order valence-electron chi connectivity index (χ4n) is 3.27. The SMILES string of the molecule is O=C(NC[C@@H]1COc2ccccc2O1)c1cc2c(s1)-c1ccccc1OC2. The predicted molar refractivity (Wildman–Crippen MR) is 103 cm³/mol.